The maximum absolute atomic E-state index is 13.3. The van der Waals surface area contributed by atoms with Crippen LogP contribution in [0.5, 0.6) is 11.5 Å². The molecule has 0 aliphatic heterocycles. The van der Waals surface area contributed by atoms with Gasteiger partial charge in [-0.3, -0.25) is 4.79 Å². The van der Waals surface area contributed by atoms with Crippen molar-refractivity contribution in [2.45, 2.75) is 6.92 Å². The number of aromatic nitrogens is 1. The van der Waals surface area contributed by atoms with Gasteiger partial charge in [-0.1, -0.05) is 65.1 Å². The van der Waals surface area contributed by atoms with Gasteiger partial charge in [0.1, 0.15) is 5.69 Å². The molecule has 1 aromatic heterocycles. The van der Waals surface area contributed by atoms with Crippen LogP contribution in [-0.2, 0) is 0 Å². The maximum Gasteiger partial charge on any atom is 0.343 e. The molecule has 0 radical (unpaired) electrons. The molecule has 0 saturated heterocycles. The number of rotatable bonds is 8. The third kappa shape index (κ3) is 6.23. The van der Waals surface area contributed by atoms with Crippen LogP contribution in [0.2, 0.25) is 15.1 Å². The van der Waals surface area contributed by atoms with Gasteiger partial charge in [0.05, 0.1) is 28.9 Å². The van der Waals surface area contributed by atoms with Crippen LogP contribution < -0.4 is 14.9 Å². The molecule has 7 nitrogen and oxygen atoms in total. The van der Waals surface area contributed by atoms with Crippen molar-refractivity contribution in [2.24, 2.45) is 5.10 Å². The Bertz CT molecular complexity index is 1780. The van der Waals surface area contributed by atoms with Crippen molar-refractivity contribution in [1.82, 2.24) is 10.4 Å². The summed E-state index contributed by atoms with van der Waals surface area (Å²) in [5.74, 6) is -0.449. The number of benzene rings is 4. The molecule has 0 atom stereocenters. The third-order valence-electron chi connectivity index (χ3n) is 6.08. The second kappa shape index (κ2) is 12.5. The van der Waals surface area contributed by atoms with Crippen LogP contribution in [0.1, 0.15) is 33.3 Å². The molecule has 0 aliphatic carbocycles. The van der Waals surface area contributed by atoms with E-state index < -0.39 is 11.9 Å². The standard InChI is InChI=1S/C31H22Cl3N3O4/c1-2-40-26-16-18(10-15-25(26)41-31(39)19-11-13-20(32)14-12-19)17-35-37-30(38)29-27(21-6-3-4-8-23(21)33)22-7-5-9-24(34)28(22)36-29/h3-17,36H,2H2,1H3,(H,37,38). The van der Waals surface area contributed by atoms with Crippen molar-refractivity contribution in [2.75, 3.05) is 6.61 Å². The van der Waals surface area contributed by atoms with Crippen molar-refractivity contribution in [3.63, 3.8) is 0 Å². The van der Waals surface area contributed by atoms with Crippen LogP contribution in [0.15, 0.2) is 90.0 Å². The summed E-state index contributed by atoms with van der Waals surface area (Å²) in [5, 5.41) is 6.36. The number of halogens is 3. The fraction of sp³-hybridized carbons (Fsp3) is 0.0645. The number of carbonyl (C=O) groups excluding carboxylic acids is 2. The third-order valence-corrected chi connectivity index (χ3v) is 6.98. The fourth-order valence-corrected chi connectivity index (χ4v) is 4.80. The summed E-state index contributed by atoms with van der Waals surface area (Å²) < 4.78 is 11.2. The van der Waals surface area contributed by atoms with Gasteiger partial charge in [0.25, 0.3) is 5.91 Å². The lowest BCUT2D eigenvalue weighted by atomic mass is 10.0. The van der Waals surface area contributed by atoms with Gasteiger partial charge in [0.15, 0.2) is 11.5 Å². The smallest absolute Gasteiger partial charge is 0.343 e. The van der Waals surface area contributed by atoms with E-state index in [9.17, 15) is 9.59 Å². The van der Waals surface area contributed by atoms with Crippen LogP contribution in [0.3, 0.4) is 0 Å². The minimum absolute atomic E-state index is 0.243. The summed E-state index contributed by atoms with van der Waals surface area (Å²) in [4.78, 5) is 29.0. The van der Waals surface area contributed by atoms with Crippen molar-refractivity contribution in [3.05, 3.63) is 117 Å². The first-order valence-corrected chi connectivity index (χ1v) is 13.6. The normalized spacial score (nSPS) is 11.1. The maximum atomic E-state index is 13.3. The molecule has 2 N–H and O–H groups in total. The summed E-state index contributed by atoms with van der Waals surface area (Å²) in [6.07, 6.45) is 1.45. The highest BCUT2D eigenvalue weighted by Gasteiger charge is 2.22. The Morgan fingerprint density at radius 3 is 2.41 bits per heavy atom. The van der Waals surface area contributed by atoms with Crippen LogP contribution in [0.25, 0.3) is 22.0 Å². The van der Waals surface area contributed by atoms with Crippen LogP contribution in [0, 0.1) is 0 Å². The number of nitrogens with one attached hydrogen (secondary N) is 2. The van der Waals surface area contributed by atoms with Crippen LogP contribution >= 0.6 is 34.8 Å². The predicted molar refractivity (Wildman–Crippen MR) is 163 cm³/mol. The van der Waals surface area contributed by atoms with Crippen LogP contribution in [-0.4, -0.2) is 29.7 Å². The summed E-state index contributed by atoms with van der Waals surface area (Å²) in [6.45, 7) is 2.16. The Hall–Kier alpha value is -4.30. The number of H-pyrrole nitrogens is 1. The summed E-state index contributed by atoms with van der Waals surface area (Å²) in [6, 6.07) is 24.0. The molecule has 206 valence electrons. The van der Waals surface area contributed by atoms with E-state index in [0.717, 1.165) is 5.39 Å². The number of fused-ring (bicyclic) bond motifs is 1. The highest BCUT2D eigenvalue weighted by molar-refractivity contribution is 6.37. The molecule has 5 rings (SSSR count). The second-order valence-corrected chi connectivity index (χ2v) is 10.0. The highest BCUT2D eigenvalue weighted by Crippen LogP contribution is 2.38. The Morgan fingerprint density at radius 1 is 0.902 bits per heavy atom. The Morgan fingerprint density at radius 2 is 1.66 bits per heavy atom. The quantitative estimate of drug-likeness (QED) is 0.0806. The average Bonchev–Trinajstić information content (AvgIpc) is 3.36. The Kier molecular flexibility index (Phi) is 8.59. The number of amides is 1. The molecule has 5 aromatic rings. The number of hydrogen-bond acceptors (Lipinski definition) is 5. The lowest BCUT2D eigenvalue weighted by molar-refractivity contribution is 0.0728. The van der Waals surface area contributed by atoms with Gasteiger partial charge in [0.2, 0.25) is 0 Å². The first-order chi connectivity index (χ1) is 19.9. The largest absolute Gasteiger partial charge is 0.490 e. The SMILES string of the molecule is CCOc1cc(C=NNC(=O)c2[nH]c3c(Cl)cccc3c2-c2ccccc2Cl)ccc1OC(=O)c1ccc(Cl)cc1. The van der Waals surface area contributed by atoms with E-state index in [2.05, 4.69) is 15.5 Å². The molecule has 1 heterocycles. The van der Waals surface area contributed by atoms with Crippen molar-refractivity contribution >= 4 is 63.8 Å². The molecule has 4 aromatic carbocycles. The predicted octanol–water partition coefficient (Wildman–Crippen LogP) is 8.18. The summed E-state index contributed by atoms with van der Waals surface area (Å²) in [5.41, 5.74) is 5.68. The highest BCUT2D eigenvalue weighted by atomic mass is 35.5. The lowest BCUT2D eigenvalue weighted by Crippen LogP contribution is -2.19. The van der Waals surface area contributed by atoms with Gasteiger partial charge < -0.3 is 14.5 Å². The Labute approximate surface area is 250 Å². The number of hydrazone groups is 1. The Balaban J connectivity index is 1.38. The number of nitrogens with zero attached hydrogens (tertiary/aromatic N) is 1. The molecule has 0 aliphatic rings. The van der Waals surface area contributed by atoms with Gasteiger partial charge in [-0.15, -0.1) is 0 Å². The van der Waals surface area contributed by atoms with Gasteiger partial charge in [-0.2, -0.15) is 5.10 Å². The molecular weight excluding hydrogens is 585 g/mol. The van der Waals surface area contributed by atoms with Crippen molar-refractivity contribution < 1.29 is 19.1 Å². The fourth-order valence-electron chi connectivity index (χ4n) is 4.22. The number of carbonyl (C=O) groups is 2. The number of ether oxygens (including phenoxy) is 2. The van der Waals surface area contributed by atoms with E-state index >= 15 is 0 Å². The van der Waals surface area contributed by atoms with E-state index in [-0.39, 0.29) is 11.4 Å². The van der Waals surface area contributed by atoms with E-state index in [1.54, 1.807) is 54.6 Å². The lowest BCUT2D eigenvalue weighted by Gasteiger charge is -2.11. The van der Waals surface area contributed by atoms with E-state index in [1.165, 1.54) is 6.21 Å². The molecule has 1 amide bonds. The second-order valence-electron chi connectivity index (χ2n) is 8.75. The first-order valence-electron chi connectivity index (χ1n) is 12.5. The molecule has 0 saturated carbocycles. The van der Waals surface area contributed by atoms with Crippen molar-refractivity contribution in [3.8, 4) is 22.6 Å². The van der Waals surface area contributed by atoms with E-state index in [4.69, 9.17) is 44.3 Å². The number of aromatic amines is 1. The van der Waals surface area contributed by atoms with Gasteiger partial charge in [-0.25, -0.2) is 10.2 Å². The summed E-state index contributed by atoms with van der Waals surface area (Å²) >= 11 is 18.8. The zero-order chi connectivity index (χ0) is 28.9. The van der Waals surface area contributed by atoms with Gasteiger partial charge >= 0.3 is 5.97 Å². The zero-order valence-electron chi connectivity index (χ0n) is 21.6. The summed E-state index contributed by atoms with van der Waals surface area (Å²) in [7, 11) is 0. The molecular formula is C31H22Cl3N3O4. The molecule has 41 heavy (non-hydrogen) atoms. The number of hydrogen-bond donors (Lipinski definition) is 2. The molecule has 0 unspecified atom stereocenters. The number of para-hydroxylation sites is 1. The molecule has 0 fully saturated rings. The topological polar surface area (TPSA) is 92.8 Å². The van der Waals surface area contributed by atoms with Crippen LogP contribution in [0.4, 0.5) is 0 Å². The van der Waals surface area contributed by atoms with E-state index in [0.29, 0.717) is 55.2 Å². The minimum atomic E-state index is -0.552. The first kappa shape index (κ1) is 28.2. The zero-order valence-corrected chi connectivity index (χ0v) is 23.8. The van der Waals surface area contributed by atoms with Gasteiger partial charge in [-0.05, 0) is 67.1 Å². The molecule has 0 bridgehead atoms. The van der Waals surface area contributed by atoms with Gasteiger partial charge in [0, 0.05) is 26.6 Å². The number of esters is 1. The average molecular weight is 607 g/mol. The molecule has 0 spiro atoms. The van der Waals surface area contributed by atoms with E-state index in [1.807, 2.05) is 37.3 Å². The minimum Gasteiger partial charge on any atom is -0.490 e. The van der Waals surface area contributed by atoms with Crippen molar-refractivity contribution in [1.29, 1.82) is 0 Å². The monoisotopic (exact) mass is 605 g/mol. The molecule has 10 heteroatoms.